The minimum atomic E-state index is 0.106. The number of nitrogens with zero attached hydrogens (tertiary/aromatic N) is 1. The molecule has 0 atom stereocenters. The molecule has 3 nitrogen and oxygen atoms in total. The number of benzene rings is 2. The fourth-order valence-corrected chi connectivity index (χ4v) is 2.38. The van der Waals surface area contributed by atoms with E-state index in [4.69, 9.17) is 10.5 Å². The highest BCUT2D eigenvalue weighted by Gasteiger charge is 2.09. The van der Waals surface area contributed by atoms with Crippen LogP contribution < -0.4 is 15.4 Å². The van der Waals surface area contributed by atoms with E-state index in [-0.39, 0.29) is 6.10 Å². The van der Waals surface area contributed by atoms with Crippen molar-refractivity contribution in [2.45, 2.75) is 33.8 Å². The second kappa shape index (κ2) is 6.08. The fraction of sp³-hybridized carbons (Fsp3) is 0.333. The molecule has 0 fully saturated rings. The molecule has 2 rings (SSSR count). The maximum Gasteiger partial charge on any atom is 0.144 e. The van der Waals surface area contributed by atoms with E-state index >= 15 is 0 Å². The Balaban J connectivity index is 2.36. The summed E-state index contributed by atoms with van der Waals surface area (Å²) in [4.78, 5) is 2.15. The van der Waals surface area contributed by atoms with Crippen LogP contribution in [0.4, 0.5) is 17.1 Å². The van der Waals surface area contributed by atoms with E-state index in [2.05, 4.69) is 44.0 Å². The number of nitrogen functional groups attached to an aromatic ring is 1. The van der Waals surface area contributed by atoms with Crippen molar-refractivity contribution in [3.8, 4) is 5.75 Å². The second-order valence-corrected chi connectivity index (χ2v) is 5.79. The van der Waals surface area contributed by atoms with E-state index in [9.17, 15) is 0 Å². The SMILES string of the molecule is Cc1cc(C)cc(N(C)c2ccc(N)c(OC(C)C)c2)c1. The third-order valence-electron chi connectivity index (χ3n) is 3.34. The summed E-state index contributed by atoms with van der Waals surface area (Å²) in [6.45, 7) is 8.22. The minimum Gasteiger partial charge on any atom is -0.489 e. The molecule has 2 aromatic carbocycles. The predicted molar refractivity (Wildman–Crippen MR) is 90.6 cm³/mol. The normalized spacial score (nSPS) is 10.8. The van der Waals surface area contributed by atoms with Crippen LogP contribution in [-0.2, 0) is 0 Å². The van der Waals surface area contributed by atoms with Gasteiger partial charge >= 0.3 is 0 Å². The monoisotopic (exact) mass is 284 g/mol. The summed E-state index contributed by atoms with van der Waals surface area (Å²) < 4.78 is 5.77. The van der Waals surface area contributed by atoms with Crippen molar-refractivity contribution < 1.29 is 4.74 Å². The smallest absolute Gasteiger partial charge is 0.144 e. The van der Waals surface area contributed by atoms with Gasteiger partial charge in [0.05, 0.1) is 11.8 Å². The number of ether oxygens (including phenoxy) is 1. The average molecular weight is 284 g/mol. The highest BCUT2D eigenvalue weighted by molar-refractivity contribution is 5.69. The van der Waals surface area contributed by atoms with Gasteiger partial charge < -0.3 is 15.4 Å². The van der Waals surface area contributed by atoms with Crippen molar-refractivity contribution in [2.75, 3.05) is 17.7 Å². The van der Waals surface area contributed by atoms with Gasteiger partial charge in [0.15, 0.2) is 0 Å². The standard InChI is InChI=1S/C18H24N2O/c1-12(2)21-18-11-15(6-7-17(18)19)20(5)16-9-13(3)8-14(4)10-16/h6-12H,19H2,1-5H3. The Labute approximate surface area is 127 Å². The van der Waals surface area contributed by atoms with Gasteiger partial charge in [-0.25, -0.2) is 0 Å². The van der Waals surface area contributed by atoms with Crippen LogP contribution >= 0.6 is 0 Å². The van der Waals surface area contributed by atoms with Crippen molar-refractivity contribution in [1.82, 2.24) is 0 Å². The van der Waals surface area contributed by atoms with Crippen molar-refractivity contribution in [2.24, 2.45) is 0 Å². The number of nitrogens with two attached hydrogens (primary N) is 1. The lowest BCUT2D eigenvalue weighted by atomic mass is 10.1. The first-order valence-corrected chi connectivity index (χ1v) is 7.25. The van der Waals surface area contributed by atoms with Crippen LogP contribution in [0.2, 0.25) is 0 Å². The zero-order valence-corrected chi connectivity index (χ0v) is 13.5. The molecular formula is C18H24N2O. The Hall–Kier alpha value is -2.16. The number of anilines is 3. The minimum absolute atomic E-state index is 0.106. The van der Waals surface area contributed by atoms with Gasteiger partial charge in [-0.15, -0.1) is 0 Å². The molecule has 0 heterocycles. The van der Waals surface area contributed by atoms with E-state index in [1.54, 1.807) is 0 Å². The van der Waals surface area contributed by atoms with Gasteiger partial charge in [0.2, 0.25) is 0 Å². The first-order chi connectivity index (χ1) is 9.86. The summed E-state index contributed by atoms with van der Waals surface area (Å²) in [5.74, 6) is 0.735. The third-order valence-corrected chi connectivity index (χ3v) is 3.34. The van der Waals surface area contributed by atoms with Gasteiger partial charge in [0.1, 0.15) is 5.75 Å². The highest BCUT2D eigenvalue weighted by atomic mass is 16.5. The Kier molecular flexibility index (Phi) is 4.41. The topological polar surface area (TPSA) is 38.5 Å². The number of hydrogen-bond acceptors (Lipinski definition) is 3. The summed E-state index contributed by atoms with van der Waals surface area (Å²) in [6, 6.07) is 12.4. The van der Waals surface area contributed by atoms with Crippen LogP contribution in [0.1, 0.15) is 25.0 Å². The Morgan fingerprint density at radius 3 is 2.14 bits per heavy atom. The van der Waals surface area contributed by atoms with Crippen LogP contribution in [0, 0.1) is 13.8 Å². The molecule has 2 N–H and O–H groups in total. The molecule has 3 heteroatoms. The van der Waals surface area contributed by atoms with Gasteiger partial charge in [0.25, 0.3) is 0 Å². The number of aryl methyl sites for hydroxylation is 2. The molecule has 0 saturated carbocycles. The van der Waals surface area contributed by atoms with E-state index in [0.717, 1.165) is 17.1 Å². The lowest BCUT2D eigenvalue weighted by Gasteiger charge is -2.22. The largest absolute Gasteiger partial charge is 0.489 e. The van der Waals surface area contributed by atoms with Crippen molar-refractivity contribution in [3.63, 3.8) is 0 Å². The Morgan fingerprint density at radius 1 is 0.952 bits per heavy atom. The Morgan fingerprint density at radius 2 is 1.57 bits per heavy atom. The zero-order valence-electron chi connectivity index (χ0n) is 13.5. The first kappa shape index (κ1) is 15.2. The molecule has 0 radical (unpaired) electrons. The van der Waals surface area contributed by atoms with Gasteiger partial charge in [0, 0.05) is 24.5 Å². The molecular weight excluding hydrogens is 260 g/mol. The summed E-state index contributed by atoms with van der Waals surface area (Å²) in [7, 11) is 2.05. The Bertz CT molecular complexity index is 615. The van der Waals surface area contributed by atoms with Crippen LogP contribution in [0.25, 0.3) is 0 Å². The number of hydrogen-bond donors (Lipinski definition) is 1. The molecule has 0 amide bonds. The molecule has 0 aromatic heterocycles. The molecule has 0 aliphatic heterocycles. The molecule has 2 aromatic rings. The van der Waals surface area contributed by atoms with Crippen LogP contribution in [0.3, 0.4) is 0 Å². The summed E-state index contributed by atoms with van der Waals surface area (Å²) in [5.41, 5.74) is 11.4. The van der Waals surface area contributed by atoms with Gasteiger partial charge in [-0.1, -0.05) is 6.07 Å². The van der Waals surface area contributed by atoms with E-state index in [0.29, 0.717) is 5.69 Å². The fourth-order valence-electron chi connectivity index (χ4n) is 2.38. The van der Waals surface area contributed by atoms with E-state index < -0.39 is 0 Å². The number of rotatable bonds is 4. The molecule has 0 saturated heterocycles. The lowest BCUT2D eigenvalue weighted by Crippen LogP contribution is -2.12. The maximum absolute atomic E-state index is 5.98. The zero-order chi connectivity index (χ0) is 15.6. The molecule has 0 unspecified atom stereocenters. The van der Waals surface area contributed by atoms with Crippen molar-refractivity contribution in [1.29, 1.82) is 0 Å². The summed E-state index contributed by atoms with van der Waals surface area (Å²) in [6.07, 6.45) is 0.106. The van der Waals surface area contributed by atoms with Crippen LogP contribution in [0.5, 0.6) is 5.75 Å². The third kappa shape index (κ3) is 3.69. The molecule has 112 valence electrons. The second-order valence-electron chi connectivity index (χ2n) is 5.79. The maximum atomic E-state index is 5.98. The van der Waals surface area contributed by atoms with Gasteiger partial charge in [-0.2, -0.15) is 0 Å². The molecule has 0 bridgehead atoms. The lowest BCUT2D eigenvalue weighted by molar-refractivity contribution is 0.244. The molecule has 21 heavy (non-hydrogen) atoms. The van der Waals surface area contributed by atoms with Crippen LogP contribution in [0.15, 0.2) is 36.4 Å². The molecule has 0 aliphatic carbocycles. The van der Waals surface area contributed by atoms with Gasteiger partial charge in [-0.3, -0.25) is 0 Å². The average Bonchev–Trinajstić information content (AvgIpc) is 2.39. The van der Waals surface area contributed by atoms with E-state index in [1.165, 1.54) is 11.1 Å². The molecule has 0 spiro atoms. The van der Waals surface area contributed by atoms with Crippen molar-refractivity contribution >= 4 is 17.1 Å². The van der Waals surface area contributed by atoms with E-state index in [1.807, 2.05) is 32.0 Å². The predicted octanol–water partition coefficient (Wildman–Crippen LogP) is 4.44. The summed E-state index contributed by atoms with van der Waals surface area (Å²) in [5, 5.41) is 0. The first-order valence-electron chi connectivity index (χ1n) is 7.25. The van der Waals surface area contributed by atoms with Crippen LogP contribution in [-0.4, -0.2) is 13.2 Å². The van der Waals surface area contributed by atoms with Crippen molar-refractivity contribution in [3.05, 3.63) is 47.5 Å². The molecule has 0 aliphatic rings. The van der Waals surface area contributed by atoms with Gasteiger partial charge in [-0.05, 0) is 63.1 Å². The highest BCUT2D eigenvalue weighted by Crippen LogP contribution is 2.32. The quantitative estimate of drug-likeness (QED) is 0.843. The summed E-state index contributed by atoms with van der Waals surface area (Å²) >= 11 is 0.